The van der Waals surface area contributed by atoms with Gasteiger partial charge in [-0.3, -0.25) is 4.79 Å². The average molecular weight is 272 g/mol. The Labute approximate surface area is 117 Å². The molecule has 104 valence electrons. The number of rotatable bonds is 4. The fraction of sp³-hybridized carbons (Fsp3) is 0.286. The summed E-state index contributed by atoms with van der Waals surface area (Å²) in [5.74, 6) is 0.846. The molecule has 6 heteroatoms. The third-order valence-corrected chi connectivity index (χ3v) is 3.38. The number of nitrogens with one attached hydrogen (secondary N) is 1. The minimum atomic E-state index is 0.657. The number of anilines is 2. The van der Waals surface area contributed by atoms with Crippen molar-refractivity contribution in [2.24, 2.45) is 0 Å². The lowest BCUT2D eigenvalue weighted by Crippen LogP contribution is -2.32. The highest BCUT2D eigenvalue weighted by atomic mass is 16.5. The molecule has 2 aromatic rings. The van der Waals surface area contributed by atoms with Crippen molar-refractivity contribution in [2.45, 2.75) is 6.54 Å². The molecule has 0 spiro atoms. The van der Waals surface area contributed by atoms with Crippen LogP contribution >= 0.6 is 0 Å². The summed E-state index contributed by atoms with van der Waals surface area (Å²) >= 11 is 0. The van der Waals surface area contributed by atoms with Crippen LogP contribution in [-0.2, 0) is 11.3 Å². The lowest BCUT2D eigenvalue weighted by Gasteiger charge is -2.31. The Morgan fingerprint density at radius 3 is 3.20 bits per heavy atom. The van der Waals surface area contributed by atoms with Gasteiger partial charge in [-0.05, 0) is 18.2 Å². The molecule has 0 saturated carbocycles. The van der Waals surface area contributed by atoms with Crippen molar-refractivity contribution in [3.8, 4) is 5.75 Å². The van der Waals surface area contributed by atoms with Crippen LogP contribution in [0.5, 0.6) is 5.75 Å². The second kappa shape index (κ2) is 5.24. The summed E-state index contributed by atoms with van der Waals surface area (Å²) in [6.45, 7) is 2.20. The Bertz CT molecular complexity index is 597. The fourth-order valence-corrected chi connectivity index (χ4v) is 2.28. The van der Waals surface area contributed by atoms with Gasteiger partial charge in [0.2, 0.25) is 6.41 Å². The van der Waals surface area contributed by atoms with E-state index in [9.17, 15) is 4.79 Å². The van der Waals surface area contributed by atoms with E-state index in [-0.39, 0.29) is 0 Å². The molecule has 0 unspecified atom stereocenters. The summed E-state index contributed by atoms with van der Waals surface area (Å²) in [4.78, 5) is 21.8. The Kier molecular flexibility index (Phi) is 3.28. The zero-order chi connectivity index (χ0) is 13.9. The number of hydrogen-bond donors (Lipinski definition) is 1. The minimum absolute atomic E-state index is 0.657. The van der Waals surface area contributed by atoms with Crippen LogP contribution < -0.4 is 14.5 Å². The summed E-state index contributed by atoms with van der Waals surface area (Å²) < 4.78 is 5.67. The standard InChI is InChI=1S/C14H16N4O2/c1-17(10-19)12-2-3-14-13(6-12)18(4-5-20-14)8-11-7-15-9-16-11/h2-3,6-7,9-10H,4-5,8H2,1H3,(H,15,16). The number of aromatic nitrogens is 2. The highest BCUT2D eigenvalue weighted by Gasteiger charge is 2.19. The molecule has 1 N–H and O–H groups in total. The molecular weight excluding hydrogens is 256 g/mol. The molecule has 1 aliphatic heterocycles. The molecule has 0 bridgehead atoms. The minimum Gasteiger partial charge on any atom is -0.490 e. The highest BCUT2D eigenvalue weighted by molar-refractivity contribution is 5.78. The number of carbonyl (C=O) groups excluding carboxylic acids is 1. The molecule has 0 aliphatic carbocycles. The molecule has 3 rings (SSSR count). The summed E-state index contributed by atoms with van der Waals surface area (Å²) in [5.41, 5.74) is 2.89. The number of carbonyl (C=O) groups is 1. The van der Waals surface area contributed by atoms with Gasteiger partial charge in [-0.15, -0.1) is 0 Å². The topological polar surface area (TPSA) is 61.5 Å². The van der Waals surface area contributed by atoms with Crippen LogP contribution in [0.25, 0.3) is 0 Å². The second-order valence-corrected chi connectivity index (χ2v) is 4.72. The molecule has 1 aromatic heterocycles. The lowest BCUT2D eigenvalue weighted by molar-refractivity contribution is -0.107. The fourth-order valence-electron chi connectivity index (χ4n) is 2.28. The maximum absolute atomic E-state index is 10.9. The summed E-state index contributed by atoms with van der Waals surface area (Å²) in [5, 5.41) is 0. The third kappa shape index (κ3) is 2.32. The first-order valence-electron chi connectivity index (χ1n) is 6.45. The maximum Gasteiger partial charge on any atom is 0.213 e. The van der Waals surface area contributed by atoms with Gasteiger partial charge in [0.25, 0.3) is 0 Å². The van der Waals surface area contributed by atoms with Gasteiger partial charge in [0.05, 0.1) is 30.8 Å². The molecule has 0 fully saturated rings. The van der Waals surface area contributed by atoms with Gasteiger partial charge in [0.15, 0.2) is 0 Å². The van der Waals surface area contributed by atoms with Crippen LogP contribution in [0.1, 0.15) is 5.69 Å². The first-order valence-corrected chi connectivity index (χ1v) is 6.45. The summed E-state index contributed by atoms with van der Waals surface area (Å²) in [7, 11) is 1.73. The molecular formula is C14H16N4O2. The second-order valence-electron chi connectivity index (χ2n) is 4.72. The zero-order valence-corrected chi connectivity index (χ0v) is 11.2. The molecule has 20 heavy (non-hydrogen) atoms. The first kappa shape index (κ1) is 12.5. The van der Waals surface area contributed by atoms with Crippen LogP contribution in [0.3, 0.4) is 0 Å². The lowest BCUT2D eigenvalue weighted by atomic mass is 10.2. The SMILES string of the molecule is CN(C=O)c1ccc2c(c1)N(Cc1cnc[nH]1)CCO2. The molecule has 0 radical (unpaired) electrons. The van der Waals surface area contributed by atoms with E-state index >= 15 is 0 Å². The summed E-state index contributed by atoms with van der Waals surface area (Å²) in [6, 6.07) is 5.76. The largest absolute Gasteiger partial charge is 0.490 e. The maximum atomic E-state index is 10.9. The molecule has 0 atom stereocenters. The van der Waals surface area contributed by atoms with E-state index in [1.807, 2.05) is 24.4 Å². The van der Waals surface area contributed by atoms with Crippen molar-refractivity contribution in [1.29, 1.82) is 0 Å². The van der Waals surface area contributed by atoms with E-state index in [0.29, 0.717) is 6.61 Å². The Balaban J connectivity index is 1.91. The quantitative estimate of drug-likeness (QED) is 0.855. The molecule has 1 aliphatic rings. The van der Waals surface area contributed by atoms with Crippen molar-refractivity contribution in [3.63, 3.8) is 0 Å². The van der Waals surface area contributed by atoms with Crippen molar-refractivity contribution in [2.75, 3.05) is 30.0 Å². The van der Waals surface area contributed by atoms with Gasteiger partial charge in [-0.25, -0.2) is 4.98 Å². The van der Waals surface area contributed by atoms with E-state index in [2.05, 4.69) is 14.9 Å². The number of ether oxygens (including phenoxy) is 1. The molecule has 1 aromatic carbocycles. The van der Waals surface area contributed by atoms with Crippen LogP contribution in [-0.4, -0.2) is 36.6 Å². The molecule has 0 saturated heterocycles. The molecule has 2 heterocycles. The van der Waals surface area contributed by atoms with Gasteiger partial charge < -0.3 is 19.5 Å². The number of aromatic amines is 1. The van der Waals surface area contributed by atoms with Crippen LogP contribution in [0.4, 0.5) is 11.4 Å². The van der Waals surface area contributed by atoms with Crippen LogP contribution in [0.2, 0.25) is 0 Å². The number of fused-ring (bicyclic) bond motifs is 1. The summed E-state index contributed by atoms with van der Waals surface area (Å²) in [6.07, 6.45) is 4.29. The van der Waals surface area contributed by atoms with Gasteiger partial charge >= 0.3 is 0 Å². The first-order chi connectivity index (χ1) is 9.78. The normalized spacial score (nSPS) is 13.6. The molecule has 1 amide bonds. The van der Waals surface area contributed by atoms with Crippen molar-refractivity contribution in [3.05, 3.63) is 36.4 Å². The van der Waals surface area contributed by atoms with Crippen LogP contribution in [0.15, 0.2) is 30.7 Å². The van der Waals surface area contributed by atoms with Crippen LogP contribution in [0, 0.1) is 0 Å². The van der Waals surface area contributed by atoms with E-state index in [1.54, 1.807) is 18.3 Å². The van der Waals surface area contributed by atoms with Gasteiger partial charge in [-0.1, -0.05) is 0 Å². The van der Waals surface area contributed by atoms with E-state index in [4.69, 9.17) is 4.74 Å². The number of H-pyrrole nitrogens is 1. The number of imidazole rings is 1. The average Bonchev–Trinajstić information content (AvgIpc) is 2.99. The molecule has 6 nitrogen and oxygen atoms in total. The predicted molar refractivity (Wildman–Crippen MR) is 76.0 cm³/mol. The predicted octanol–water partition coefficient (Wildman–Crippen LogP) is 1.40. The monoisotopic (exact) mass is 272 g/mol. The van der Waals surface area contributed by atoms with Crippen molar-refractivity contribution < 1.29 is 9.53 Å². The smallest absolute Gasteiger partial charge is 0.213 e. The van der Waals surface area contributed by atoms with Crippen molar-refractivity contribution >= 4 is 17.8 Å². The van der Waals surface area contributed by atoms with Gasteiger partial charge in [0.1, 0.15) is 12.4 Å². The Hall–Kier alpha value is -2.50. The van der Waals surface area contributed by atoms with E-state index in [0.717, 1.165) is 42.3 Å². The van der Waals surface area contributed by atoms with Gasteiger partial charge in [-0.2, -0.15) is 0 Å². The van der Waals surface area contributed by atoms with E-state index in [1.165, 1.54) is 0 Å². The third-order valence-electron chi connectivity index (χ3n) is 3.38. The zero-order valence-electron chi connectivity index (χ0n) is 11.2. The number of benzene rings is 1. The Morgan fingerprint density at radius 2 is 2.45 bits per heavy atom. The number of amides is 1. The van der Waals surface area contributed by atoms with Crippen molar-refractivity contribution in [1.82, 2.24) is 9.97 Å². The van der Waals surface area contributed by atoms with Gasteiger partial charge in [0, 0.05) is 18.9 Å². The van der Waals surface area contributed by atoms with E-state index < -0.39 is 0 Å². The number of hydrogen-bond acceptors (Lipinski definition) is 4. The number of nitrogens with zero attached hydrogens (tertiary/aromatic N) is 3. The Morgan fingerprint density at radius 1 is 1.55 bits per heavy atom. The highest BCUT2D eigenvalue weighted by Crippen LogP contribution is 2.35.